The summed E-state index contributed by atoms with van der Waals surface area (Å²) in [6.07, 6.45) is 1.11. The topological polar surface area (TPSA) is 33.1 Å². The van der Waals surface area contributed by atoms with E-state index in [0.717, 1.165) is 26.1 Å². The third-order valence-electron chi connectivity index (χ3n) is 3.40. The van der Waals surface area contributed by atoms with Crippen molar-refractivity contribution in [3.8, 4) is 0 Å². The summed E-state index contributed by atoms with van der Waals surface area (Å²) in [4.78, 5) is 2.19. The molecule has 0 saturated carbocycles. The molecular formula is C14H28N4. The largest absolute Gasteiger partial charge is 0.319 e. The lowest BCUT2D eigenvalue weighted by Crippen LogP contribution is -2.20. The van der Waals surface area contributed by atoms with E-state index in [4.69, 9.17) is 0 Å². The lowest BCUT2D eigenvalue weighted by Gasteiger charge is -2.12. The fourth-order valence-electron chi connectivity index (χ4n) is 2.31. The molecule has 0 spiro atoms. The summed E-state index contributed by atoms with van der Waals surface area (Å²) in [7, 11) is 6.21. The molecule has 1 rings (SSSR count). The Morgan fingerprint density at radius 2 is 2.00 bits per heavy atom. The van der Waals surface area contributed by atoms with Crippen molar-refractivity contribution in [3.05, 3.63) is 17.0 Å². The number of nitrogens with zero attached hydrogens (tertiary/aromatic N) is 3. The smallest absolute Gasteiger partial charge is 0.0628 e. The maximum absolute atomic E-state index is 4.66. The van der Waals surface area contributed by atoms with Crippen LogP contribution < -0.4 is 5.32 Å². The van der Waals surface area contributed by atoms with Crippen LogP contribution in [0.2, 0.25) is 0 Å². The number of aromatic nitrogens is 2. The molecule has 104 valence electrons. The normalized spacial score (nSPS) is 13.3. The second-order valence-electron chi connectivity index (χ2n) is 5.54. The van der Waals surface area contributed by atoms with Gasteiger partial charge in [0.05, 0.1) is 12.2 Å². The predicted octanol–water partition coefficient (Wildman–Crippen LogP) is 1.46. The summed E-state index contributed by atoms with van der Waals surface area (Å²) in [5.41, 5.74) is 3.95. The van der Waals surface area contributed by atoms with Crippen LogP contribution in [0.5, 0.6) is 0 Å². The minimum atomic E-state index is 0.652. The Morgan fingerprint density at radius 3 is 2.56 bits per heavy atom. The first-order valence-corrected chi connectivity index (χ1v) is 6.78. The maximum Gasteiger partial charge on any atom is 0.0628 e. The van der Waals surface area contributed by atoms with Gasteiger partial charge >= 0.3 is 0 Å². The number of likely N-dealkylation sites (N-methyl/N-ethyl adjacent to an activating group) is 1. The van der Waals surface area contributed by atoms with Gasteiger partial charge < -0.3 is 10.2 Å². The zero-order chi connectivity index (χ0) is 13.7. The van der Waals surface area contributed by atoms with Crippen LogP contribution in [-0.2, 0) is 13.0 Å². The van der Waals surface area contributed by atoms with Crippen LogP contribution in [0.3, 0.4) is 0 Å². The van der Waals surface area contributed by atoms with Crippen LogP contribution in [0.4, 0.5) is 0 Å². The van der Waals surface area contributed by atoms with Crippen molar-refractivity contribution in [1.82, 2.24) is 20.0 Å². The van der Waals surface area contributed by atoms with Gasteiger partial charge in [0.2, 0.25) is 0 Å². The van der Waals surface area contributed by atoms with Gasteiger partial charge in [-0.1, -0.05) is 6.92 Å². The SMILES string of the molecule is CNCC(C)Cc1c(C)nn(CCN(C)C)c1C. The molecule has 18 heavy (non-hydrogen) atoms. The number of hydrogen-bond acceptors (Lipinski definition) is 3. The molecule has 0 amide bonds. The third-order valence-corrected chi connectivity index (χ3v) is 3.40. The molecule has 1 N–H and O–H groups in total. The second kappa shape index (κ2) is 6.90. The number of aryl methyl sites for hydroxylation is 1. The number of nitrogens with one attached hydrogen (secondary N) is 1. The summed E-state index contributed by atoms with van der Waals surface area (Å²) >= 11 is 0. The molecular weight excluding hydrogens is 224 g/mol. The van der Waals surface area contributed by atoms with Crippen molar-refractivity contribution in [2.24, 2.45) is 5.92 Å². The van der Waals surface area contributed by atoms with Crippen LogP contribution in [0, 0.1) is 19.8 Å². The van der Waals surface area contributed by atoms with Crippen molar-refractivity contribution >= 4 is 0 Å². The van der Waals surface area contributed by atoms with Crippen LogP contribution in [0.1, 0.15) is 23.9 Å². The Balaban J connectivity index is 2.74. The van der Waals surface area contributed by atoms with Gasteiger partial charge in [-0.25, -0.2) is 0 Å². The zero-order valence-electron chi connectivity index (χ0n) is 12.7. The Morgan fingerprint density at radius 1 is 1.33 bits per heavy atom. The standard InChI is InChI=1S/C14H28N4/c1-11(10-15-4)9-14-12(2)16-18(13(14)3)8-7-17(5)6/h11,15H,7-10H2,1-6H3. The number of rotatable bonds is 7. The molecule has 0 aliphatic carbocycles. The van der Waals surface area contributed by atoms with Gasteiger partial charge in [-0.3, -0.25) is 4.68 Å². The van der Waals surface area contributed by atoms with E-state index in [1.807, 2.05) is 7.05 Å². The van der Waals surface area contributed by atoms with E-state index < -0.39 is 0 Å². The molecule has 0 fully saturated rings. The van der Waals surface area contributed by atoms with E-state index in [9.17, 15) is 0 Å². The second-order valence-corrected chi connectivity index (χ2v) is 5.54. The van der Waals surface area contributed by atoms with Crippen LogP contribution in [0.25, 0.3) is 0 Å². The maximum atomic E-state index is 4.66. The highest BCUT2D eigenvalue weighted by Crippen LogP contribution is 2.17. The van der Waals surface area contributed by atoms with Gasteiger partial charge in [0, 0.05) is 12.2 Å². The molecule has 1 heterocycles. The van der Waals surface area contributed by atoms with Crippen molar-refractivity contribution in [2.75, 3.05) is 34.2 Å². The van der Waals surface area contributed by atoms with Gasteiger partial charge in [-0.2, -0.15) is 5.10 Å². The molecule has 1 unspecified atom stereocenters. The van der Waals surface area contributed by atoms with Crippen molar-refractivity contribution in [2.45, 2.75) is 33.7 Å². The van der Waals surface area contributed by atoms with E-state index in [0.29, 0.717) is 5.92 Å². The summed E-state index contributed by atoms with van der Waals surface area (Å²) in [6, 6.07) is 0. The molecule has 1 atom stereocenters. The first-order chi connectivity index (χ1) is 8.45. The zero-order valence-corrected chi connectivity index (χ0v) is 12.7. The Labute approximate surface area is 111 Å². The van der Waals surface area contributed by atoms with E-state index in [-0.39, 0.29) is 0 Å². The average molecular weight is 252 g/mol. The van der Waals surface area contributed by atoms with Gasteiger partial charge in [0.25, 0.3) is 0 Å². The molecule has 4 nitrogen and oxygen atoms in total. The van der Waals surface area contributed by atoms with Crippen LogP contribution >= 0.6 is 0 Å². The molecule has 1 aromatic rings. The van der Waals surface area contributed by atoms with Crippen molar-refractivity contribution in [1.29, 1.82) is 0 Å². The summed E-state index contributed by atoms with van der Waals surface area (Å²) in [5.74, 6) is 0.652. The lowest BCUT2D eigenvalue weighted by molar-refractivity contribution is 0.370. The van der Waals surface area contributed by atoms with Crippen molar-refractivity contribution in [3.63, 3.8) is 0 Å². The molecule has 0 bridgehead atoms. The molecule has 0 aromatic carbocycles. The fraction of sp³-hybridized carbons (Fsp3) is 0.786. The molecule has 0 aliphatic rings. The quantitative estimate of drug-likeness (QED) is 0.797. The average Bonchev–Trinajstić information content (AvgIpc) is 2.54. The van der Waals surface area contributed by atoms with Crippen molar-refractivity contribution < 1.29 is 0 Å². The molecule has 0 saturated heterocycles. The Bertz CT molecular complexity index is 368. The monoisotopic (exact) mass is 252 g/mol. The van der Waals surface area contributed by atoms with Crippen LogP contribution in [-0.4, -0.2) is 48.9 Å². The minimum Gasteiger partial charge on any atom is -0.319 e. The number of hydrogen-bond donors (Lipinski definition) is 1. The van der Waals surface area contributed by atoms with Gasteiger partial charge in [0.1, 0.15) is 0 Å². The third kappa shape index (κ3) is 4.10. The highest BCUT2D eigenvalue weighted by Gasteiger charge is 2.14. The van der Waals surface area contributed by atoms with Gasteiger partial charge in [0.15, 0.2) is 0 Å². The van der Waals surface area contributed by atoms with E-state index in [2.05, 4.69) is 54.9 Å². The highest BCUT2D eigenvalue weighted by atomic mass is 15.3. The highest BCUT2D eigenvalue weighted by molar-refractivity contribution is 5.25. The van der Waals surface area contributed by atoms with E-state index in [1.54, 1.807) is 0 Å². The predicted molar refractivity (Wildman–Crippen MR) is 77.0 cm³/mol. The summed E-state index contributed by atoms with van der Waals surface area (Å²) in [6.45, 7) is 9.67. The fourth-order valence-corrected chi connectivity index (χ4v) is 2.31. The summed E-state index contributed by atoms with van der Waals surface area (Å²) in [5, 5.41) is 7.90. The first-order valence-electron chi connectivity index (χ1n) is 6.78. The molecule has 4 heteroatoms. The minimum absolute atomic E-state index is 0.652. The van der Waals surface area contributed by atoms with Gasteiger partial charge in [-0.15, -0.1) is 0 Å². The Kier molecular flexibility index (Phi) is 5.82. The molecule has 1 aromatic heterocycles. The van der Waals surface area contributed by atoms with Crippen LogP contribution in [0.15, 0.2) is 0 Å². The summed E-state index contributed by atoms with van der Waals surface area (Å²) < 4.78 is 2.15. The van der Waals surface area contributed by atoms with Gasteiger partial charge in [-0.05, 0) is 59.4 Å². The van der Waals surface area contributed by atoms with E-state index >= 15 is 0 Å². The Hall–Kier alpha value is -0.870. The van der Waals surface area contributed by atoms with E-state index in [1.165, 1.54) is 17.0 Å². The molecule has 0 radical (unpaired) electrons. The first kappa shape index (κ1) is 15.2. The lowest BCUT2D eigenvalue weighted by atomic mass is 10.00. The molecule has 0 aliphatic heterocycles.